The summed E-state index contributed by atoms with van der Waals surface area (Å²) in [6.45, 7) is 3.87. The minimum absolute atomic E-state index is 0.0554. The van der Waals surface area contributed by atoms with Crippen molar-refractivity contribution in [3.8, 4) is 0 Å². The first kappa shape index (κ1) is 21.4. The Hall–Kier alpha value is -1.64. The second-order valence-corrected chi connectivity index (χ2v) is 8.73. The van der Waals surface area contributed by atoms with Crippen LogP contribution in [0, 0.1) is 0 Å². The van der Waals surface area contributed by atoms with E-state index in [2.05, 4.69) is 5.32 Å². The van der Waals surface area contributed by atoms with Crippen LogP contribution in [0.5, 0.6) is 0 Å². The number of amides is 1. The molecule has 1 aromatic rings. The van der Waals surface area contributed by atoms with E-state index >= 15 is 0 Å². The van der Waals surface area contributed by atoms with Gasteiger partial charge in [-0.2, -0.15) is 0 Å². The van der Waals surface area contributed by atoms with Gasteiger partial charge in [-0.15, -0.1) is 0 Å². The Labute approximate surface area is 150 Å². The summed E-state index contributed by atoms with van der Waals surface area (Å²) in [6.07, 6.45) is 0.0579. The first-order chi connectivity index (χ1) is 11.7. The highest BCUT2D eigenvalue weighted by Crippen LogP contribution is 2.13. The molecule has 0 atom stereocenters. The van der Waals surface area contributed by atoms with Crippen molar-refractivity contribution in [2.75, 3.05) is 26.0 Å². The summed E-state index contributed by atoms with van der Waals surface area (Å²) >= 11 is 0. The van der Waals surface area contributed by atoms with Crippen molar-refractivity contribution < 1.29 is 23.1 Å². The summed E-state index contributed by atoms with van der Waals surface area (Å²) in [6, 6.07) is 9.31. The molecule has 0 aliphatic rings. The second kappa shape index (κ2) is 9.74. The van der Waals surface area contributed by atoms with E-state index in [1.54, 1.807) is 13.8 Å². The van der Waals surface area contributed by atoms with Gasteiger partial charge in [0.05, 0.1) is 5.75 Å². The standard InChI is InChI=1S/C17H28N2O5S/c1-17(2,10-13-25(22,23)19(3)11-7-12-20)18-16(21)24-14-15-8-5-4-6-9-15/h4-6,8-9,20H,7,10-14H2,1-3H3,(H,18,21). The number of nitrogens with one attached hydrogen (secondary N) is 1. The number of hydrogen-bond acceptors (Lipinski definition) is 5. The maximum Gasteiger partial charge on any atom is 0.407 e. The molecule has 0 fully saturated rings. The van der Waals surface area contributed by atoms with E-state index in [-0.39, 0.29) is 31.9 Å². The van der Waals surface area contributed by atoms with E-state index in [1.807, 2.05) is 30.3 Å². The topological polar surface area (TPSA) is 95.9 Å². The molecule has 0 heterocycles. The zero-order valence-corrected chi connectivity index (χ0v) is 15.9. The lowest BCUT2D eigenvalue weighted by Crippen LogP contribution is -2.45. The zero-order chi connectivity index (χ0) is 18.9. The Morgan fingerprint density at radius 2 is 1.92 bits per heavy atom. The monoisotopic (exact) mass is 372 g/mol. The Balaban J connectivity index is 2.45. The maximum absolute atomic E-state index is 12.2. The number of nitrogens with zero attached hydrogens (tertiary/aromatic N) is 1. The average molecular weight is 372 g/mol. The van der Waals surface area contributed by atoms with Crippen LogP contribution in [0.1, 0.15) is 32.3 Å². The smallest absolute Gasteiger partial charge is 0.407 e. The van der Waals surface area contributed by atoms with Gasteiger partial charge in [-0.05, 0) is 32.3 Å². The van der Waals surface area contributed by atoms with Gasteiger partial charge in [0, 0.05) is 25.7 Å². The van der Waals surface area contributed by atoms with Crippen LogP contribution in [0.15, 0.2) is 30.3 Å². The van der Waals surface area contributed by atoms with Crippen molar-refractivity contribution >= 4 is 16.1 Å². The molecular formula is C17H28N2O5S. The third-order valence-corrected chi connectivity index (χ3v) is 5.60. The number of aliphatic hydroxyl groups excluding tert-OH is 1. The number of carbonyl (C=O) groups is 1. The van der Waals surface area contributed by atoms with E-state index in [4.69, 9.17) is 9.84 Å². The summed E-state index contributed by atoms with van der Waals surface area (Å²) < 4.78 is 30.7. The number of benzene rings is 1. The van der Waals surface area contributed by atoms with Gasteiger partial charge >= 0.3 is 6.09 Å². The number of rotatable bonds is 10. The number of alkyl carbamates (subject to hydrolysis) is 1. The fourth-order valence-electron chi connectivity index (χ4n) is 2.07. The lowest BCUT2D eigenvalue weighted by atomic mass is 10.0. The summed E-state index contributed by atoms with van der Waals surface area (Å²) in [5.74, 6) is -0.0963. The number of hydrogen-bond donors (Lipinski definition) is 2. The van der Waals surface area contributed by atoms with Crippen molar-refractivity contribution in [1.29, 1.82) is 0 Å². The van der Waals surface area contributed by atoms with Crippen molar-refractivity contribution in [3.63, 3.8) is 0 Å². The molecule has 8 heteroatoms. The van der Waals surface area contributed by atoms with Crippen molar-refractivity contribution in [1.82, 2.24) is 9.62 Å². The van der Waals surface area contributed by atoms with Crippen molar-refractivity contribution in [2.45, 2.75) is 38.8 Å². The van der Waals surface area contributed by atoms with Crippen LogP contribution in [0.25, 0.3) is 0 Å². The van der Waals surface area contributed by atoms with Crippen LogP contribution >= 0.6 is 0 Å². The fraction of sp³-hybridized carbons (Fsp3) is 0.588. The molecule has 2 N–H and O–H groups in total. The lowest BCUT2D eigenvalue weighted by Gasteiger charge is -2.27. The molecule has 0 radical (unpaired) electrons. The third-order valence-electron chi connectivity index (χ3n) is 3.74. The summed E-state index contributed by atoms with van der Waals surface area (Å²) in [5.41, 5.74) is 0.155. The van der Waals surface area contributed by atoms with E-state index < -0.39 is 21.7 Å². The van der Waals surface area contributed by atoms with Gasteiger partial charge in [-0.3, -0.25) is 0 Å². The minimum Gasteiger partial charge on any atom is -0.445 e. The van der Waals surface area contributed by atoms with Crippen molar-refractivity contribution in [2.24, 2.45) is 0 Å². The van der Waals surface area contributed by atoms with Crippen LogP contribution in [0.3, 0.4) is 0 Å². The Morgan fingerprint density at radius 1 is 1.28 bits per heavy atom. The van der Waals surface area contributed by atoms with E-state index in [1.165, 1.54) is 11.4 Å². The van der Waals surface area contributed by atoms with Crippen LogP contribution in [0.4, 0.5) is 4.79 Å². The first-order valence-corrected chi connectivity index (χ1v) is 9.81. The summed E-state index contributed by atoms with van der Waals surface area (Å²) in [5, 5.41) is 11.5. The Kier molecular flexibility index (Phi) is 8.34. The van der Waals surface area contributed by atoms with Crippen LogP contribution in [-0.4, -0.2) is 55.4 Å². The molecule has 1 amide bonds. The van der Waals surface area contributed by atoms with E-state index in [9.17, 15) is 13.2 Å². The summed E-state index contributed by atoms with van der Waals surface area (Å²) in [7, 11) is -1.94. The molecule has 0 unspecified atom stereocenters. The quantitative estimate of drug-likeness (QED) is 0.652. The Morgan fingerprint density at radius 3 is 2.52 bits per heavy atom. The lowest BCUT2D eigenvalue weighted by molar-refractivity contribution is 0.129. The molecule has 142 valence electrons. The molecule has 0 saturated carbocycles. The van der Waals surface area contributed by atoms with Crippen LogP contribution in [0.2, 0.25) is 0 Å². The van der Waals surface area contributed by atoms with E-state index in [0.717, 1.165) is 5.56 Å². The average Bonchev–Trinajstić information content (AvgIpc) is 2.57. The predicted molar refractivity (Wildman–Crippen MR) is 96.6 cm³/mol. The summed E-state index contributed by atoms with van der Waals surface area (Å²) in [4.78, 5) is 11.9. The molecule has 1 rings (SSSR count). The minimum atomic E-state index is -3.43. The molecule has 0 aromatic heterocycles. The zero-order valence-electron chi connectivity index (χ0n) is 15.1. The number of ether oxygens (including phenoxy) is 1. The molecule has 0 spiro atoms. The predicted octanol–water partition coefficient (Wildman–Crippen LogP) is 1.73. The fourth-order valence-corrected chi connectivity index (χ4v) is 3.56. The second-order valence-electron chi connectivity index (χ2n) is 6.54. The first-order valence-electron chi connectivity index (χ1n) is 8.20. The van der Waals surface area contributed by atoms with Crippen molar-refractivity contribution in [3.05, 3.63) is 35.9 Å². The normalized spacial score (nSPS) is 12.2. The molecule has 0 saturated heterocycles. The molecule has 25 heavy (non-hydrogen) atoms. The molecule has 0 aliphatic heterocycles. The highest BCUT2D eigenvalue weighted by atomic mass is 32.2. The van der Waals surface area contributed by atoms with Gasteiger partial charge in [-0.1, -0.05) is 30.3 Å². The molecule has 0 bridgehead atoms. The largest absolute Gasteiger partial charge is 0.445 e. The highest BCUT2D eigenvalue weighted by molar-refractivity contribution is 7.89. The van der Waals surface area contributed by atoms with Gasteiger partial charge in [0.25, 0.3) is 0 Å². The van der Waals surface area contributed by atoms with Gasteiger partial charge in [0.15, 0.2) is 0 Å². The maximum atomic E-state index is 12.2. The molecular weight excluding hydrogens is 344 g/mol. The number of sulfonamides is 1. The van der Waals surface area contributed by atoms with Crippen LogP contribution in [-0.2, 0) is 21.4 Å². The number of carbonyl (C=O) groups excluding carboxylic acids is 1. The molecule has 7 nitrogen and oxygen atoms in total. The SMILES string of the molecule is CN(CCCO)S(=O)(=O)CCC(C)(C)NC(=O)OCc1ccccc1. The Bertz CT molecular complexity index is 632. The van der Waals surface area contributed by atoms with Gasteiger partial charge < -0.3 is 15.2 Å². The van der Waals surface area contributed by atoms with Gasteiger partial charge in [0.2, 0.25) is 10.0 Å². The van der Waals surface area contributed by atoms with Gasteiger partial charge in [-0.25, -0.2) is 17.5 Å². The molecule has 1 aromatic carbocycles. The number of aliphatic hydroxyl groups is 1. The molecule has 0 aliphatic carbocycles. The third kappa shape index (κ3) is 8.33. The van der Waals surface area contributed by atoms with Crippen LogP contribution < -0.4 is 5.32 Å². The van der Waals surface area contributed by atoms with E-state index in [0.29, 0.717) is 6.42 Å². The highest BCUT2D eigenvalue weighted by Gasteiger charge is 2.26. The van der Waals surface area contributed by atoms with Gasteiger partial charge in [0.1, 0.15) is 6.61 Å².